The highest BCUT2D eigenvalue weighted by molar-refractivity contribution is 5.62. The van der Waals surface area contributed by atoms with Crippen molar-refractivity contribution in [2.75, 3.05) is 32.0 Å². The highest BCUT2D eigenvalue weighted by atomic mass is 19.4. The molecule has 1 N–H and O–H groups in total. The van der Waals surface area contributed by atoms with Crippen molar-refractivity contribution < 1.29 is 13.2 Å². The van der Waals surface area contributed by atoms with Crippen molar-refractivity contribution in [3.63, 3.8) is 0 Å². The molecule has 2 atom stereocenters. The summed E-state index contributed by atoms with van der Waals surface area (Å²) in [6.07, 6.45) is -2.28. The maximum atomic E-state index is 13.1. The maximum Gasteiger partial charge on any atom is 0.418 e. The van der Waals surface area contributed by atoms with E-state index in [-0.39, 0.29) is 5.92 Å². The number of benzene rings is 1. The van der Waals surface area contributed by atoms with Crippen molar-refractivity contribution in [1.29, 1.82) is 0 Å². The van der Waals surface area contributed by atoms with Gasteiger partial charge in [-0.1, -0.05) is 12.1 Å². The van der Waals surface area contributed by atoms with Crippen LogP contribution in [0.1, 0.15) is 29.9 Å². The number of nitrogens with zero attached hydrogens (tertiary/aromatic N) is 1. The summed E-state index contributed by atoms with van der Waals surface area (Å²) < 4.78 is 39.3. The van der Waals surface area contributed by atoms with Gasteiger partial charge in [-0.3, -0.25) is 0 Å². The van der Waals surface area contributed by atoms with Gasteiger partial charge < -0.3 is 10.2 Å². The van der Waals surface area contributed by atoms with E-state index in [2.05, 4.69) is 17.3 Å². The van der Waals surface area contributed by atoms with Gasteiger partial charge in [-0.25, -0.2) is 0 Å². The number of anilines is 1. The van der Waals surface area contributed by atoms with Crippen molar-refractivity contribution >= 4 is 5.69 Å². The van der Waals surface area contributed by atoms with E-state index < -0.39 is 11.7 Å². The molecular weight excluding hydrogens is 265 g/mol. The Morgan fingerprint density at radius 1 is 1.25 bits per heavy atom. The van der Waals surface area contributed by atoms with Crippen LogP contribution in [0.2, 0.25) is 0 Å². The highest BCUT2D eigenvalue weighted by Crippen LogP contribution is 2.45. The first kappa shape index (κ1) is 13.7. The van der Waals surface area contributed by atoms with Crippen molar-refractivity contribution in [2.45, 2.75) is 24.9 Å². The van der Waals surface area contributed by atoms with Crippen LogP contribution in [0.3, 0.4) is 0 Å². The normalized spacial score (nSPS) is 27.2. The molecule has 0 spiro atoms. The average Bonchev–Trinajstić information content (AvgIpc) is 2.83. The Balaban J connectivity index is 1.97. The van der Waals surface area contributed by atoms with Gasteiger partial charge in [0.25, 0.3) is 0 Å². The first-order chi connectivity index (χ1) is 9.47. The van der Waals surface area contributed by atoms with Crippen molar-refractivity contribution in [3.8, 4) is 0 Å². The molecule has 2 aliphatic heterocycles. The van der Waals surface area contributed by atoms with Gasteiger partial charge in [-0.05, 0) is 49.9 Å². The summed E-state index contributed by atoms with van der Waals surface area (Å²) in [5, 5.41) is 2.97. The first-order valence-electron chi connectivity index (χ1n) is 7.09. The fraction of sp³-hybridized carbons (Fsp3) is 0.600. The van der Waals surface area contributed by atoms with E-state index in [9.17, 15) is 13.2 Å². The van der Waals surface area contributed by atoms with Gasteiger partial charge in [0, 0.05) is 18.8 Å². The third kappa shape index (κ3) is 2.39. The molecule has 0 aromatic heterocycles. The van der Waals surface area contributed by atoms with Gasteiger partial charge in [0.15, 0.2) is 0 Å². The summed E-state index contributed by atoms with van der Waals surface area (Å²) in [4.78, 5) is 2.26. The number of likely N-dealkylation sites (tertiary alicyclic amines) is 1. The fourth-order valence-corrected chi connectivity index (χ4v) is 3.61. The smallest absolute Gasteiger partial charge is 0.384 e. The predicted octanol–water partition coefficient (Wildman–Crippen LogP) is 3.56. The highest BCUT2D eigenvalue weighted by Gasteiger charge is 2.38. The Bertz CT molecular complexity index is 498. The molecule has 2 unspecified atom stereocenters. The molecule has 0 aliphatic carbocycles. The third-order valence-corrected chi connectivity index (χ3v) is 4.56. The molecule has 0 amide bonds. The van der Waals surface area contributed by atoms with Gasteiger partial charge in [0.1, 0.15) is 0 Å². The zero-order chi connectivity index (χ0) is 14.3. The Morgan fingerprint density at radius 3 is 2.70 bits per heavy atom. The number of para-hydroxylation sites is 1. The zero-order valence-corrected chi connectivity index (χ0v) is 11.5. The molecule has 2 nitrogen and oxygen atoms in total. The van der Waals surface area contributed by atoms with Crippen LogP contribution in [0.4, 0.5) is 18.9 Å². The van der Waals surface area contributed by atoms with Crippen LogP contribution in [0.15, 0.2) is 18.2 Å². The molecule has 2 heterocycles. The van der Waals surface area contributed by atoms with Crippen molar-refractivity contribution in [2.24, 2.45) is 5.92 Å². The molecule has 110 valence electrons. The number of halogens is 3. The minimum absolute atomic E-state index is 0.249. The topological polar surface area (TPSA) is 15.3 Å². The SMILES string of the molecule is CN1CCC(C2CCNc3c2cccc3C(F)(F)F)C1. The average molecular weight is 284 g/mol. The van der Waals surface area contributed by atoms with Crippen LogP contribution in [-0.2, 0) is 6.18 Å². The first-order valence-corrected chi connectivity index (χ1v) is 7.09. The van der Waals surface area contributed by atoms with E-state index in [0.29, 0.717) is 18.2 Å². The van der Waals surface area contributed by atoms with Crippen LogP contribution in [0.25, 0.3) is 0 Å². The van der Waals surface area contributed by atoms with Crippen LogP contribution in [-0.4, -0.2) is 31.6 Å². The summed E-state index contributed by atoms with van der Waals surface area (Å²) in [5.74, 6) is 0.725. The molecule has 0 saturated carbocycles. The summed E-state index contributed by atoms with van der Waals surface area (Å²) in [6.45, 7) is 2.66. The molecule has 1 aromatic carbocycles. The van der Waals surface area contributed by atoms with Crippen LogP contribution in [0.5, 0.6) is 0 Å². The monoisotopic (exact) mass is 284 g/mol. The molecule has 0 radical (unpaired) electrons. The lowest BCUT2D eigenvalue weighted by Crippen LogP contribution is -2.26. The summed E-state index contributed by atoms with van der Waals surface area (Å²) in [6, 6.07) is 4.58. The lowest BCUT2D eigenvalue weighted by Gasteiger charge is -2.32. The molecule has 1 saturated heterocycles. The molecule has 5 heteroatoms. The summed E-state index contributed by atoms with van der Waals surface area (Å²) >= 11 is 0. The second-order valence-electron chi connectivity index (χ2n) is 5.90. The quantitative estimate of drug-likeness (QED) is 0.848. The minimum Gasteiger partial charge on any atom is -0.384 e. The lowest BCUT2D eigenvalue weighted by atomic mass is 9.79. The van der Waals surface area contributed by atoms with Gasteiger partial charge in [-0.2, -0.15) is 13.2 Å². The second-order valence-corrected chi connectivity index (χ2v) is 5.90. The standard InChI is InChI=1S/C15H19F3N2/c1-20-8-6-10(9-20)11-5-7-19-14-12(11)3-2-4-13(14)15(16,17)18/h2-4,10-11,19H,5-9H2,1H3. The predicted molar refractivity (Wildman–Crippen MR) is 72.9 cm³/mol. The van der Waals surface area contributed by atoms with E-state index in [0.717, 1.165) is 31.5 Å². The van der Waals surface area contributed by atoms with Crippen LogP contribution in [0, 0.1) is 5.92 Å². The number of fused-ring (bicyclic) bond motifs is 1. The van der Waals surface area contributed by atoms with E-state index in [1.165, 1.54) is 6.07 Å². The number of alkyl halides is 3. The van der Waals surface area contributed by atoms with Gasteiger partial charge in [0.05, 0.1) is 5.56 Å². The van der Waals surface area contributed by atoms with E-state index in [1.807, 2.05) is 6.07 Å². The van der Waals surface area contributed by atoms with Gasteiger partial charge >= 0.3 is 6.18 Å². The third-order valence-electron chi connectivity index (χ3n) is 4.56. The van der Waals surface area contributed by atoms with Crippen LogP contribution >= 0.6 is 0 Å². The molecular formula is C15H19F3N2. The molecule has 1 aromatic rings. The molecule has 1 fully saturated rings. The van der Waals surface area contributed by atoms with Crippen LogP contribution < -0.4 is 5.32 Å². The van der Waals surface area contributed by atoms with Crippen molar-refractivity contribution in [3.05, 3.63) is 29.3 Å². The fourth-order valence-electron chi connectivity index (χ4n) is 3.61. The molecule has 0 bridgehead atoms. The Labute approximate surface area is 117 Å². The summed E-state index contributed by atoms with van der Waals surface area (Å²) in [7, 11) is 2.08. The lowest BCUT2D eigenvalue weighted by molar-refractivity contribution is -0.137. The van der Waals surface area contributed by atoms with E-state index >= 15 is 0 Å². The number of rotatable bonds is 1. The Kier molecular flexibility index (Phi) is 3.40. The van der Waals surface area contributed by atoms with E-state index in [4.69, 9.17) is 0 Å². The summed E-state index contributed by atoms with van der Waals surface area (Å²) in [5.41, 5.74) is 0.642. The van der Waals surface area contributed by atoms with E-state index in [1.54, 1.807) is 6.07 Å². The van der Waals surface area contributed by atoms with Gasteiger partial charge in [0.2, 0.25) is 0 Å². The Morgan fingerprint density at radius 2 is 2.05 bits per heavy atom. The zero-order valence-electron chi connectivity index (χ0n) is 11.5. The number of hydrogen-bond donors (Lipinski definition) is 1. The number of hydrogen-bond acceptors (Lipinski definition) is 2. The largest absolute Gasteiger partial charge is 0.418 e. The molecule has 2 aliphatic rings. The molecule has 20 heavy (non-hydrogen) atoms. The second kappa shape index (κ2) is 4.95. The molecule has 3 rings (SSSR count). The Hall–Kier alpha value is -1.23. The minimum atomic E-state index is -4.29. The number of nitrogens with one attached hydrogen (secondary N) is 1. The van der Waals surface area contributed by atoms with Gasteiger partial charge in [-0.15, -0.1) is 0 Å². The maximum absolute atomic E-state index is 13.1. The van der Waals surface area contributed by atoms with Crippen molar-refractivity contribution in [1.82, 2.24) is 4.90 Å².